The lowest BCUT2D eigenvalue weighted by atomic mass is 9.46. The summed E-state index contributed by atoms with van der Waals surface area (Å²) in [5.74, 6) is 3.30. The largest absolute Gasteiger partial charge is 0.508 e. The van der Waals surface area contributed by atoms with E-state index in [9.17, 15) is 5.11 Å². The maximum absolute atomic E-state index is 10.9. The van der Waals surface area contributed by atoms with E-state index in [1.165, 1.54) is 49.7 Å². The van der Waals surface area contributed by atoms with Crippen molar-refractivity contribution in [3.63, 3.8) is 0 Å². The van der Waals surface area contributed by atoms with E-state index in [-0.39, 0.29) is 10.8 Å². The minimum absolute atomic E-state index is 0.0238. The van der Waals surface area contributed by atoms with Crippen LogP contribution in [-0.4, -0.2) is 5.11 Å². The molecule has 0 atom stereocenters. The summed E-state index contributed by atoms with van der Waals surface area (Å²) in [4.78, 5) is 0. The molecule has 0 aromatic heterocycles. The zero-order chi connectivity index (χ0) is 18.2. The Labute approximate surface area is 154 Å². The number of hydrogen-bond acceptors (Lipinski definition) is 1. The van der Waals surface area contributed by atoms with Crippen LogP contribution in [0.1, 0.15) is 96.8 Å². The molecule has 25 heavy (non-hydrogen) atoms. The van der Waals surface area contributed by atoms with Gasteiger partial charge in [-0.3, -0.25) is 0 Å². The van der Waals surface area contributed by atoms with Crippen molar-refractivity contribution in [2.75, 3.05) is 0 Å². The molecule has 4 fully saturated rings. The van der Waals surface area contributed by atoms with Crippen molar-refractivity contribution in [1.29, 1.82) is 0 Å². The van der Waals surface area contributed by atoms with Gasteiger partial charge in [-0.2, -0.15) is 0 Å². The summed E-state index contributed by atoms with van der Waals surface area (Å²) in [5, 5.41) is 10.9. The van der Waals surface area contributed by atoms with Crippen LogP contribution in [0.2, 0.25) is 0 Å². The minimum atomic E-state index is -0.0238. The minimum Gasteiger partial charge on any atom is -0.508 e. The zero-order valence-electron chi connectivity index (χ0n) is 17.1. The summed E-state index contributed by atoms with van der Waals surface area (Å²) < 4.78 is 0. The first-order valence-electron chi connectivity index (χ1n) is 10.4. The normalized spacial score (nSPS) is 34.6. The fourth-order valence-corrected chi connectivity index (χ4v) is 6.94. The summed E-state index contributed by atoms with van der Waals surface area (Å²) in [6.45, 7) is 13.9. The third-order valence-electron chi connectivity index (χ3n) is 7.31. The summed E-state index contributed by atoms with van der Waals surface area (Å²) >= 11 is 0. The molecule has 1 aromatic rings. The van der Waals surface area contributed by atoms with E-state index in [0.29, 0.717) is 11.2 Å². The Morgan fingerprint density at radius 3 is 1.68 bits per heavy atom. The average Bonchev–Trinajstić information content (AvgIpc) is 2.42. The van der Waals surface area contributed by atoms with Crippen LogP contribution in [0.15, 0.2) is 12.1 Å². The van der Waals surface area contributed by atoms with Gasteiger partial charge in [0.15, 0.2) is 0 Å². The second-order valence-corrected chi connectivity index (χ2v) is 11.6. The van der Waals surface area contributed by atoms with Crippen LogP contribution < -0.4 is 0 Å². The van der Waals surface area contributed by atoms with Crippen LogP contribution in [0.5, 0.6) is 5.75 Å². The molecular formula is C24H36O. The predicted octanol–water partition coefficient (Wildman–Crippen LogP) is 6.46. The van der Waals surface area contributed by atoms with Crippen LogP contribution in [0.25, 0.3) is 0 Å². The molecule has 1 aromatic carbocycles. The van der Waals surface area contributed by atoms with E-state index >= 15 is 0 Å². The molecule has 0 heterocycles. The van der Waals surface area contributed by atoms with E-state index in [1.807, 2.05) is 6.07 Å². The molecule has 138 valence electrons. The van der Waals surface area contributed by atoms with Gasteiger partial charge in [-0.1, -0.05) is 47.6 Å². The second-order valence-electron chi connectivity index (χ2n) is 11.6. The third kappa shape index (κ3) is 2.73. The molecule has 4 aliphatic rings. The van der Waals surface area contributed by atoms with Gasteiger partial charge < -0.3 is 5.11 Å². The lowest BCUT2D eigenvalue weighted by Crippen LogP contribution is -2.50. The molecule has 1 heteroatoms. The maximum atomic E-state index is 10.9. The molecule has 1 nitrogen and oxygen atoms in total. The Morgan fingerprint density at radius 2 is 1.28 bits per heavy atom. The average molecular weight is 341 g/mol. The SMILES string of the molecule is CC(C)(C)c1ccc(O)c(C(C)(C)C)c1C12CC3CC(CC(C3)C1)C2. The topological polar surface area (TPSA) is 20.2 Å². The summed E-state index contributed by atoms with van der Waals surface area (Å²) in [7, 11) is 0. The van der Waals surface area contributed by atoms with E-state index in [0.717, 1.165) is 17.8 Å². The van der Waals surface area contributed by atoms with Gasteiger partial charge >= 0.3 is 0 Å². The van der Waals surface area contributed by atoms with Gasteiger partial charge in [0, 0.05) is 5.56 Å². The second kappa shape index (κ2) is 5.27. The summed E-state index contributed by atoms with van der Waals surface area (Å²) in [6.07, 6.45) is 8.47. The van der Waals surface area contributed by atoms with Gasteiger partial charge in [-0.25, -0.2) is 0 Å². The highest BCUT2D eigenvalue weighted by Crippen LogP contribution is 2.63. The Bertz CT molecular complexity index is 648. The quantitative estimate of drug-likeness (QED) is 0.622. The molecular weight excluding hydrogens is 304 g/mol. The van der Waals surface area contributed by atoms with Crippen molar-refractivity contribution in [1.82, 2.24) is 0 Å². The standard InChI is InChI=1S/C24H36O/c1-22(2,3)18-7-8-19(25)21(23(4,5)6)20(18)24-12-15-9-16(13-24)11-17(10-15)14-24/h7-8,15-17,25H,9-14H2,1-6H3. The Balaban J connectivity index is 1.98. The molecule has 0 saturated heterocycles. The fraction of sp³-hybridized carbons (Fsp3) is 0.750. The lowest BCUT2D eigenvalue weighted by molar-refractivity contribution is -0.00682. The van der Waals surface area contributed by atoms with Crippen LogP contribution in [0, 0.1) is 17.8 Å². The Hall–Kier alpha value is -0.980. The summed E-state index contributed by atoms with van der Waals surface area (Å²) in [5.41, 5.74) is 4.68. The molecule has 0 unspecified atom stereocenters. The van der Waals surface area contributed by atoms with Gasteiger partial charge in [0.2, 0.25) is 0 Å². The van der Waals surface area contributed by atoms with Crippen LogP contribution in [-0.2, 0) is 16.2 Å². The van der Waals surface area contributed by atoms with Crippen molar-refractivity contribution in [2.45, 2.75) is 96.3 Å². The van der Waals surface area contributed by atoms with Gasteiger partial charge in [-0.15, -0.1) is 0 Å². The number of phenolic OH excluding ortho intramolecular Hbond substituents is 1. The third-order valence-corrected chi connectivity index (χ3v) is 7.31. The highest BCUT2D eigenvalue weighted by Gasteiger charge is 2.54. The number of aromatic hydroxyl groups is 1. The van der Waals surface area contributed by atoms with Crippen LogP contribution in [0.3, 0.4) is 0 Å². The van der Waals surface area contributed by atoms with Crippen molar-refractivity contribution in [2.24, 2.45) is 17.8 Å². The Morgan fingerprint density at radius 1 is 0.800 bits per heavy atom. The fourth-order valence-electron chi connectivity index (χ4n) is 6.94. The van der Waals surface area contributed by atoms with Crippen molar-refractivity contribution < 1.29 is 5.11 Å². The zero-order valence-corrected chi connectivity index (χ0v) is 17.1. The number of rotatable bonds is 1. The number of phenols is 1. The molecule has 4 saturated carbocycles. The monoisotopic (exact) mass is 340 g/mol. The highest BCUT2D eigenvalue weighted by atomic mass is 16.3. The molecule has 1 N–H and O–H groups in total. The van der Waals surface area contributed by atoms with Gasteiger partial charge in [0.1, 0.15) is 5.75 Å². The van der Waals surface area contributed by atoms with E-state index < -0.39 is 0 Å². The maximum Gasteiger partial charge on any atom is 0.119 e. The summed E-state index contributed by atoms with van der Waals surface area (Å²) in [6, 6.07) is 4.20. The van der Waals surface area contributed by atoms with Crippen molar-refractivity contribution in [3.8, 4) is 5.75 Å². The lowest BCUT2D eigenvalue weighted by Gasteiger charge is -2.58. The molecule has 5 rings (SSSR count). The number of hydrogen-bond donors (Lipinski definition) is 1. The first-order chi connectivity index (χ1) is 11.5. The van der Waals surface area contributed by atoms with E-state index in [1.54, 1.807) is 5.56 Å². The Kier molecular flexibility index (Phi) is 3.68. The van der Waals surface area contributed by atoms with E-state index in [2.05, 4.69) is 47.6 Å². The van der Waals surface area contributed by atoms with Crippen molar-refractivity contribution >= 4 is 0 Å². The number of benzene rings is 1. The molecule has 0 radical (unpaired) electrons. The molecule has 4 bridgehead atoms. The highest BCUT2D eigenvalue weighted by molar-refractivity contribution is 5.54. The first kappa shape index (κ1) is 17.4. The van der Waals surface area contributed by atoms with Crippen LogP contribution in [0.4, 0.5) is 0 Å². The van der Waals surface area contributed by atoms with Gasteiger partial charge in [-0.05, 0) is 89.7 Å². The first-order valence-corrected chi connectivity index (χ1v) is 10.4. The van der Waals surface area contributed by atoms with Gasteiger partial charge in [0.05, 0.1) is 0 Å². The molecule has 4 aliphatic carbocycles. The molecule has 0 spiro atoms. The van der Waals surface area contributed by atoms with Crippen molar-refractivity contribution in [3.05, 3.63) is 28.8 Å². The van der Waals surface area contributed by atoms with Gasteiger partial charge in [0.25, 0.3) is 0 Å². The molecule has 0 amide bonds. The molecule has 0 aliphatic heterocycles. The van der Waals surface area contributed by atoms with Crippen LogP contribution >= 0.6 is 0 Å². The predicted molar refractivity (Wildman–Crippen MR) is 105 cm³/mol. The smallest absolute Gasteiger partial charge is 0.119 e. The van der Waals surface area contributed by atoms with E-state index in [4.69, 9.17) is 0 Å².